The second kappa shape index (κ2) is 11.2. The van der Waals surface area contributed by atoms with Crippen molar-refractivity contribution in [2.24, 2.45) is 5.92 Å². The lowest BCUT2D eigenvalue weighted by Gasteiger charge is -2.19. The van der Waals surface area contributed by atoms with Crippen molar-refractivity contribution in [1.82, 2.24) is 14.9 Å². The number of sulfonamides is 1. The number of nitrogens with one attached hydrogen (secondary N) is 2. The number of halogens is 1. The molecule has 1 saturated carbocycles. The smallest absolute Gasteiger partial charge is 0.324 e. The highest BCUT2D eigenvalue weighted by Crippen LogP contribution is 2.33. The van der Waals surface area contributed by atoms with Crippen LogP contribution in [0.3, 0.4) is 0 Å². The summed E-state index contributed by atoms with van der Waals surface area (Å²) in [6.07, 6.45) is 3.18. The van der Waals surface area contributed by atoms with Crippen LogP contribution >= 0.6 is 11.6 Å². The lowest BCUT2D eigenvalue weighted by atomic mass is 10.0. The molecule has 1 saturated heterocycles. The highest BCUT2D eigenvalue weighted by molar-refractivity contribution is 7.89. The summed E-state index contributed by atoms with van der Waals surface area (Å²) in [6.45, 7) is 0.899. The molecule has 0 aromatic heterocycles. The zero-order chi connectivity index (χ0) is 24.0. The van der Waals surface area contributed by atoms with Gasteiger partial charge in [0.15, 0.2) is 0 Å². The number of unbranched alkanes of at least 4 members (excludes halogenated alkanes) is 2. The number of hydrogen-bond donors (Lipinski definition) is 3. The van der Waals surface area contributed by atoms with Crippen LogP contribution < -0.4 is 14.8 Å². The number of carbonyl (C=O) groups excluding carboxylic acids is 2. The molecule has 12 heteroatoms. The number of urea groups is 1. The molecule has 0 radical (unpaired) electrons. The van der Waals surface area contributed by atoms with Crippen molar-refractivity contribution >= 4 is 39.5 Å². The molecular weight excluding hydrogens is 474 g/mol. The summed E-state index contributed by atoms with van der Waals surface area (Å²) < 4.78 is 33.4. The Morgan fingerprint density at radius 3 is 2.67 bits per heavy atom. The predicted octanol–water partition coefficient (Wildman–Crippen LogP) is 2.29. The maximum absolute atomic E-state index is 12.6. The molecule has 1 aliphatic carbocycles. The Morgan fingerprint density at radius 1 is 1.27 bits per heavy atom. The normalized spacial score (nSPS) is 17.2. The standard InChI is InChI=1S/C21H28ClN3O7S/c22-16-7-6-15(10-18(16)32-13-14-4-5-14)17(11-20(27)28)24-33(30,31)9-3-1-2-8-25-12-19(26)23-21(25)29/h6-7,10,14,17,24H,1-5,8-9,11-13H2,(H,27,28)(H,23,26,29). The summed E-state index contributed by atoms with van der Waals surface area (Å²) in [4.78, 5) is 35.4. The van der Waals surface area contributed by atoms with Crippen LogP contribution in [0, 0.1) is 5.92 Å². The van der Waals surface area contributed by atoms with Gasteiger partial charge in [-0.3, -0.25) is 14.9 Å². The minimum Gasteiger partial charge on any atom is -0.492 e. The average molecular weight is 502 g/mol. The number of ether oxygens (including phenoxy) is 1. The van der Waals surface area contributed by atoms with Crippen molar-refractivity contribution in [3.63, 3.8) is 0 Å². The molecule has 3 N–H and O–H groups in total. The summed E-state index contributed by atoms with van der Waals surface area (Å²) in [5.74, 6) is -0.776. The fourth-order valence-electron chi connectivity index (χ4n) is 3.45. The monoisotopic (exact) mass is 501 g/mol. The van der Waals surface area contributed by atoms with E-state index in [9.17, 15) is 27.9 Å². The summed E-state index contributed by atoms with van der Waals surface area (Å²) in [6, 6.07) is 3.34. The van der Waals surface area contributed by atoms with Crippen molar-refractivity contribution < 1.29 is 32.6 Å². The summed E-state index contributed by atoms with van der Waals surface area (Å²) >= 11 is 6.18. The van der Waals surface area contributed by atoms with E-state index in [1.165, 1.54) is 4.90 Å². The topological polar surface area (TPSA) is 142 Å². The Labute approximate surface area is 197 Å². The van der Waals surface area contributed by atoms with Gasteiger partial charge in [0, 0.05) is 6.54 Å². The van der Waals surface area contributed by atoms with Crippen molar-refractivity contribution in [1.29, 1.82) is 0 Å². The van der Waals surface area contributed by atoms with Gasteiger partial charge in [-0.05, 0) is 49.3 Å². The lowest BCUT2D eigenvalue weighted by Crippen LogP contribution is -2.32. The summed E-state index contributed by atoms with van der Waals surface area (Å²) in [7, 11) is -3.77. The number of hydrogen-bond acceptors (Lipinski definition) is 6. The number of rotatable bonds is 14. The van der Waals surface area contributed by atoms with Crippen LogP contribution in [0.25, 0.3) is 0 Å². The Hall–Kier alpha value is -2.37. The number of imide groups is 1. The summed E-state index contributed by atoms with van der Waals surface area (Å²) in [5.41, 5.74) is 0.459. The number of amides is 3. The van der Waals surface area contributed by atoms with Gasteiger partial charge in [0.1, 0.15) is 12.3 Å². The van der Waals surface area contributed by atoms with Crippen molar-refractivity contribution in [3.8, 4) is 5.75 Å². The fraction of sp³-hybridized carbons (Fsp3) is 0.571. The van der Waals surface area contributed by atoms with Gasteiger partial charge in [-0.2, -0.15) is 0 Å². The predicted molar refractivity (Wildman–Crippen MR) is 121 cm³/mol. The first-order valence-electron chi connectivity index (χ1n) is 10.9. The highest BCUT2D eigenvalue weighted by Gasteiger charge is 2.27. The van der Waals surface area contributed by atoms with Gasteiger partial charge in [-0.25, -0.2) is 17.9 Å². The van der Waals surface area contributed by atoms with Gasteiger partial charge in [-0.15, -0.1) is 0 Å². The second-order valence-corrected chi connectivity index (χ2v) is 10.6. The molecule has 1 aromatic carbocycles. The molecular formula is C21H28ClN3O7S. The van der Waals surface area contributed by atoms with Crippen LogP contribution in [0.2, 0.25) is 5.02 Å². The van der Waals surface area contributed by atoms with Crippen molar-refractivity contribution in [2.75, 3.05) is 25.4 Å². The van der Waals surface area contributed by atoms with Crippen LogP contribution in [-0.4, -0.2) is 61.8 Å². The van der Waals surface area contributed by atoms with E-state index in [1.807, 2.05) is 0 Å². The first kappa shape index (κ1) is 25.3. The maximum atomic E-state index is 12.6. The highest BCUT2D eigenvalue weighted by atomic mass is 35.5. The second-order valence-electron chi connectivity index (χ2n) is 8.37. The Bertz CT molecular complexity index is 998. The first-order valence-corrected chi connectivity index (χ1v) is 12.9. The minimum absolute atomic E-state index is 0.0169. The van der Waals surface area contributed by atoms with E-state index >= 15 is 0 Å². The Morgan fingerprint density at radius 2 is 2.03 bits per heavy atom. The molecule has 0 bridgehead atoms. The molecule has 0 spiro atoms. The van der Waals surface area contributed by atoms with Gasteiger partial charge < -0.3 is 14.7 Å². The molecule has 10 nitrogen and oxygen atoms in total. The molecule has 1 atom stereocenters. The van der Waals surface area contributed by atoms with Gasteiger partial charge in [0.25, 0.3) is 0 Å². The van der Waals surface area contributed by atoms with E-state index < -0.39 is 34.5 Å². The van der Waals surface area contributed by atoms with Crippen molar-refractivity contribution in [3.05, 3.63) is 28.8 Å². The fourth-order valence-corrected chi connectivity index (χ4v) is 4.98. The Balaban J connectivity index is 1.53. The summed E-state index contributed by atoms with van der Waals surface area (Å²) in [5, 5.41) is 11.9. The third-order valence-electron chi connectivity index (χ3n) is 5.44. The number of benzene rings is 1. The molecule has 2 aliphatic rings. The van der Waals surface area contributed by atoms with E-state index in [2.05, 4.69) is 10.0 Å². The molecule has 182 valence electrons. The minimum atomic E-state index is -3.77. The number of aliphatic carboxylic acids is 1. The molecule has 1 unspecified atom stereocenters. The van der Waals surface area contributed by atoms with E-state index in [4.69, 9.17) is 16.3 Å². The van der Waals surface area contributed by atoms with E-state index in [0.717, 1.165) is 12.8 Å². The first-order chi connectivity index (χ1) is 15.6. The lowest BCUT2D eigenvalue weighted by molar-refractivity contribution is -0.137. The van der Waals surface area contributed by atoms with Crippen LogP contribution in [0.15, 0.2) is 18.2 Å². The average Bonchev–Trinajstić information content (AvgIpc) is 3.49. The SMILES string of the molecule is O=C(O)CC(NS(=O)(=O)CCCCCN1CC(=O)NC1=O)c1ccc(Cl)c(OCC2CC2)c1. The molecule has 3 rings (SSSR count). The molecule has 2 fully saturated rings. The molecule has 1 aromatic rings. The van der Waals surface area contributed by atoms with Gasteiger partial charge in [-0.1, -0.05) is 24.1 Å². The van der Waals surface area contributed by atoms with E-state index in [1.54, 1.807) is 18.2 Å². The van der Waals surface area contributed by atoms with Crippen molar-refractivity contribution in [2.45, 2.75) is 44.6 Å². The zero-order valence-electron chi connectivity index (χ0n) is 18.1. The quantitative estimate of drug-likeness (QED) is 0.262. The Kier molecular flexibility index (Phi) is 8.55. The van der Waals surface area contributed by atoms with Crippen LogP contribution in [0.4, 0.5) is 4.79 Å². The zero-order valence-corrected chi connectivity index (χ0v) is 19.7. The molecule has 3 amide bonds. The largest absolute Gasteiger partial charge is 0.492 e. The molecule has 1 heterocycles. The molecule has 1 aliphatic heterocycles. The van der Waals surface area contributed by atoms with Gasteiger partial charge >= 0.3 is 12.0 Å². The van der Waals surface area contributed by atoms with Crippen LogP contribution in [-0.2, 0) is 19.6 Å². The third kappa shape index (κ3) is 8.17. The van der Waals surface area contributed by atoms with Crippen LogP contribution in [0.1, 0.15) is 50.1 Å². The molecule has 33 heavy (non-hydrogen) atoms. The maximum Gasteiger partial charge on any atom is 0.324 e. The number of nitrogens with zero attached hydrogens (tertiary/aromatic N) is 1. The number of carboxylic acid groups (broad SMARTS) is 1. The number of carboxylic acids is 1. The van der Waals surface area contributed by atoms with E-state index in [0.29, 0.717) is 54.7 Å². The van der Waals surface area contributed by atoms with E-state index in [-0.39, 0.29) is 18.2 Å². The number of carbonyl (C=O) groups is 3. The third-order valence-corrected chi connectivity index (χ3v) is 7.22. The van der Waals surface area contributed by atoms with Crippen LogP contribution in [0.5, 0.6) is 5.75 Å². The van der Waals surface area contributed by atoms with Gasteiger partial charge in [0.05, 0.1) is 29.8 Å². The van der Waals surface area contributed by atoms with Gasteiger partial charge in [0.2, 0.25) is 15.9 Å².